The van der Waals surface area contributed by atoms with Gasteiger partial charge >= 0.3 is 12.4 Å². The molecule has 0 bridgehead atoms. The summed E-state index contributed by atoms with van der Waals surface area (Å²) in [7, 11) is 0. The van der Waals surface area contributed by atoms with Gasteiger partial charge in [0, 0.05) is 16.2 Å². The van der Waals surface area contributed by atoms with Crippen LogP contribution in [0.2, 0.25) is 0 Å². The Morgan fingerprint density at radius 1 is 0.515 bits per heavy atom. The van der Waals surface area contributed by atoms with Crippen LogP contribution in [0.5, 0.6) is 0 Å². The van der Waals surface area contributed by atoms with E-state index in [9.17, 15) is 36.6 Å². The molecule has 2 N–H and O–H groups in total. The van der Waals surface area contributed by atoms with E-state index in [1.54, 1.807) is 13.8 Å². The second-order valence-electron chi connectivity index (χ2n) is 9.92. The molecule has 33 heavy (non-hydrogen) atoms. The minimum atomic E-state index is -4.31. The highest BCUT2D eigenvalue weighted by molar-refractivity contribution is 4.76. The lowest BCUT2D eigenvalue weighted by molar-refractivity contribution is -0.150. The Morgan fingerprint density at radius 3 is 1.09 bits per heavy atom. The van der Waals surface area contributed by atoms with E-state index >= 15 is 0 Å². The van der Waals surface area contributed by atoms with Gasteiger partial charge in [0.05, 0.1) is 78.9 Å². The van der Waals surface area contributed by atoms with Crippen molar-refractivity contribution in [1.82, 2.24) is 0 Å². The first-order valence-electron chi connectivity index (χ1n) is 10.6. The van der Waals surface area contributed by atoms with Gasteiger partial charge in [-0.1, -0.05) is 27.7 Å². The van der Waals surface area contributed by atoms with E-state index < -0.39 is 54.7 Å². The van der Waals surface area contributed by atoms with Crippen molar-refractivity contribution < 1.29 is 55.5 Å². The summed E-state index contributed by atoms with van der Waals surface area (Å²) in [5.74, 6) is 0. The van der Waals surface area contributed by atoms with Gasteiger partial charge in [-0.3, -0.25) is 0 Å². The van der Waals surface area contributed by atoms with E-state index in [4.69, 9.17) is 18.9 Å². The molecule has 2 atom stereocenters. The molecule has 0 aromatic carbocycles. The van der Waals surface area contributed by atoms with Crippen molar-refractivity contribution in [3.05, 3.63) is 0 Å². The molecule has 0 aromatic rings. The molecular formula is C21H38F6O6. The fraction of sp³-hybridized carbons (Fsp3) is 1.00. The summed E-state index contributed by atoms with van der Waals surface area (Å²) in [6, 6.07) is 0. The van der Waals surface area contributed by atoms with Crippen LogP contribution in [0.15, 0.2) is 0 Å². The van der Waals surface area contributed by atoms with Crippen molar-refractivity contribution in [1.29, 1.82) is 0 Å². The third kappa shape index (κ3) is 17.4. The van der Waals surface area contributed by atoms with Gasteiger partial charge < -0.3 is 29.2 Å². The van der Waals surface area contributed by atoms with Gasteiger partial charge in [0.2, 0.25) is 0 Å². The summed E-state index contributed by atoms with van der Waals surface area (Å²) in [6.07, 6.45) is -10.8. The fourth-order valence-electron chi connectivity index (χ4n) is 2.47. The van der Waals surface area contributed by atoms with Crippen molar-refractivity contribution in [2.45, 2.75) is 52.9 Å². The molecule has 0 fully saturated rings. The largest absolute Gasteiger partial charge is 0.396 e. The molecule has 0 saturated carbocycles. The zero-order valence-electron chi connectivity index (χ0n) is 19.8. The highest BCUT2D eigenvalue weighted by atomic mass is 19.4. The summed E-state index contributed by atoms with van der Waals surface area (Å²) in [5.41, 5.74) is -2.22. The summed E-state index contributed by atoms with van der Waals surface area (Å²) < 4.78 is 94.5. The van der Waals surface area contributed by atoms with Crippen LogP contribution in [0, 0.1) is 16.2 Å². The maximum absolute atomic E-state index is 12.2. The first kappa shape index (κ1) is 32.3. The SMILES string of the molecule is CC(C)(COCC(C)(CO)COCCC(F)(F)F)COCC(C)(CO)COCCC(F)(F)F. The maximum atomic E-state index is 12.2. The highest BCUT2D eigenvalue weighted by Gasteiger charge is 2.31. The number of alkyl halides is 6. The fourth-order valence-corrected chi connectivity index (χ4v) is 2.47. The van der Waals surface area contributed by atoms with E-state index in [-0.39, 0.29) is 52.9 Å². The molecule has 12 heteroatoms. The van der Waals surface area contributed by atoms with Crippen LogP contribution in [0.25, 0.3) is 0 Å². The lowest BCUT2D eigenvalue weighted by Crippen LogP contribution is -2.37. The van der Waals surface area contributed by atoms with Crippen molar-refractivity contribution in [2.75, 3.05) is 66.1 Å². The molecule has 0 heterocycles. The van der Waals surface area contributed by atoms with E-state index in [1.165, 1.54) is 0 Å². The highest BCUT2D eigenvalue weighted by Crippen LogP contribution is 2.25. The standard InChI is InChI=1S/C21H38F6O6/c1-17(2,11-32-15-18(3,9-28)13-30-7-5-20(22,23)24)12-33-16-19(4,10-29)14-31-8-6-21(25,26)27/h28-29H,5-16H2,1-4H3. The Morgan fingerprint density at radius 2 is 0.818 bits per heavy atom. The summed E-state index contributed by atoms with van der Waals surface area (Å²) >= 11 is 0. The number of aliphatic hydroxyl groups excluding tert-OH is 2. The predicted molar refractivity (Wildman–Crippen MR) is 109 cm³/mol. The first-order valence-corrected chi connectivity index (χ1v) is 10.6. The van der Waals surface area contributed by atoms with E-state index in [0.29, 0.717) is 0 Å². The first-order chi connectivity index (χ1) is 14.9. The molecule has 0 spiro atoms. The second-order valence-corrected chi connectivity index (χ2v) is 9.92. The molecule has 0 radical (unpaired) electrons. The summed E-state index contributed by atoms with van der Waals surface area (Å²) in [6.45, 7) is 5.64. The van der Waals surface area contributed by atoms with Crippen molar-refractivity contribution in [3.8, 4) is 0 Å². The summed E-state index contributed by atoms with van der Waals surface area (Å²) in [5, 5.41) is 19.1. The Balaban J connectivity index is 4.33. The van der Waals surface area contributed by atoms with Gasteiger partial charge in [-0.05, 0) is 0 Å². The summed E-state index contributed by atoms with van der Waals surface area (Å²) in [4.78, 5) is 0. The van der Waals surface area contributed by atoms with Crippen molar-refractivity contribution in [2.24, 2.45) is 16.2 Å². The van der Waals surface area contributed by atoms with Gasteiger partial charge in [0.25, 0.3) is 0 Å². The van der Waals surface area contributed by atoms with E-state index in [1.807, 2.05) is 13.8 Å². The second kappa shape index (κ2) is 14.0. The van der Waals surface area contributed by atoms with Gasteiger partial charge in [-0.25, -0.2) is 0 Å². The lowest BCUT2D eigenvalue weighted by atomic mass is 9.92. The quantitative estimate of drug-likeness (QED) is 0.219. The van der Waals surface area contributed by atoms with Crippen LogP contribution in [-0.2, 0) is 18.9 Å². The minimum Gasteiger partial charge on any atom is -0.396 e. The number of rotatable bonds is 18. The molecule has 0 aliphatic rings. The topological polar surface area (TPSA) is 77.4 Å². The van der Waals surface area contributed by atoms with Crippen LogP contribution < -0.4 is 0 Å². The van der Waals surface area contributed by atoms with Crippen LogP contribution >= 0.6 is 0 Å². The third-order valence-electron chi connectivity index (χ3n) is 4.61. The van der Waals surface area contributed by atoms with Crippen LogP contribution in [0.4, 0.5) is 26.3 Å². The van der Waals surface area contributed by atoms with Crippen molar-refractivity contribution >= 4 is 0 Å². The Kier molecular flexibility index (Phi) is 13.8. The van der Waals surface area contributed by atoms with Gasteiger partial charge in [-0.2, -0.15) is 26.3 Å². The monoisotopic (exact) mass is 500 g/mol. The maximum Gasteiger partial charge on any atom is 0.391 e. The van der Waals surface area contributed by atoms with Gasteiger partial charge in [0.1, 0.15) is 0 Å². The number of aliphatic hydroxyl groups is 2. The molecule has 0 aromatic heterocycles. The molecular weight excluding hydrogens is 462 g/mol. The third-order valence-corrected chi connectivity index (χ3v) is 4.61. The van der Waals surface area contributed by atoms with Crippen LogP contribution in [0.1, 0.15) is 40.5 Å². The lowest BCUT2D eigenvalue weighted by Gasteiger charge is -2.32. The number of hydrogen-bond acceptors (Lipinski definition) is 6. The number of halogens is 6. The molecule has 0 saturated heterocycles. The molecule has 0 amide bonds. The van der Waals surface area contributed by atoms with E-state index in [2.05, 4.69) is 0 Å². The Bertz CT molecular complexity index is 484. The zero-order valence-corrected chi connectivity index (χ0v) is 19.8. The van der Waals surface area contributed by atoms with Crippen LogP contribution in [-0.4, -0.2) is 88.6 Å². The average molecular weight is 501 g/mol. The molecule has 200 valence electrons. The van der Waals surface area contributed by atoms with Gasteiger partial charge in [0.15, 0.2) is 0 Å². The zero-order chi connectivity index (χ0) is 25.8. The normalized spacial score (nSPS) is 17.1. The number of ether oxygens (including phenoxy) is 4. The van der Waals surface area contributed by atoms with Gasteiger partial charge in [-0.15, -0.1) is 0 Å². The van der Waals surface area contributed by atoms with Crippen LogP contribution in [0.3, 0.4) is 0 Å². The minimum absolute atomic E-state index is 0.0559. The smallest absolute Gasteiger partial charge is 0.391 e. The molecule has 6 nitrogen and oxygen atoms in total. The molecule has 0 aliphatic carbocycles. The number of hydrogen-bond donors (Lipinski definition) is 2. The average Bonchev–Trinajstić information content (AvgIpc) is 2.67. The molecule has 2 unspecified atom stereocenters. The molecule has 0 aliphatic heterocycles. The Hall–Kier alpha value is -0.660. The predicted octanol–water partition coefficient (Wildman–Crippen LogP) is 3.98. The van der Waals surface area contributed by atoms with Crippen molar-refractivity contribution in [3.63, 3.8) is 0 Å². The van der Waals surface area contributed by atoms with E-state index in [0.717, 1.165) is 0 Å². The Labute approximate surface area is 191 Å². The molecule has 0 rings (SSSR count).